The molecule has 1 heterocycles. The maximum atomic E-state index is 5.79. The van der Waals surface area contributed by atoms with E-state index in [-0.39, 0.29) is 0 Å². The van der Waals surface area contributed by atoms with E-state index >= 15 is 0 Å². The molecule has 18 heavy (non-hydrogen) atoms. The van der Waals surface area contributed by atoms with E-state index in [2.05, 4.69) is 26.1 Å². The first-order valence-electron chi connectivity index (χ1n) is 8.07. The zero-order valence-corrected chi connectivity index (χ0v) is 12.5. The Morgan fingerprint density at radius 1 is 1.17 bits per heavy atom. The van der Waals surface area contributed by atoms with E-state index in [1.807, 2.05) is 0 Å². The van der Waals surface area contributed by atoms with Crippen molar-refractivity contribution >= 4 is 0 Å². The zero-order chi connectivity index (χ0) is 13.0. The molecule has 0 aromatic carbocycles. The van der Waals surface area contributed by atoms with Crippen LogP contribution in [0.5, 0.6) is 0 Å². The Labute approximate surface area is 113 Å². The van der Waals surface area contributed by atoms with Crippen LogP contribution < -0.4 is 5.32 Å². The summed E-state index contributed by atoms with van der Waals surface area (Å²) in [5.41, 5.74) is 0. The van der Waals surface area contributed by atoms with Crippen LogP contribution in [0.25, 0.3) is 0 Å². The van der Waals surface area contributed by atoms with Gasteiger partial charge in [0, 0.05) is 19.2 Å². The van der Waals surface area contributed by atoms with Gasteiger partial charge in [0.1, 0.15) is 0 Å². The second kappa shape index (κ2) is 6.91. The summed E-state index contributed by atoms with van der Waals surface area (Å²) in [6.45, 7) is 9.17. The third kappa shape index (κ3) is 3.48. The van der Waals surface area contributed by atoms with Crippen molar-refractivity contribution in [2.24, 2.45) is 17.8 Å². The van der Waals surface area contributed by atoms with Gasteiger partial charge in [-0.15, -0.1) is 0 Å². The van der Waals surface area contributed by atoms with Crippen LogP contribution >= 0.6 is 0 Å². The molecule has 1 aliphatic heterocycles. The van der Waals surface area contributed by atoms with Gasteiger partial charge < -0.3 is 10.1 Å². The molecule has 4 atom stereocenters. The Kier molecular flexibility index (Phi) is 5.50. The molecule has 1 aliphatic carbocycles. The number of rotatable bonds is 5. The van der Waals surface area contributed by atoms with Crippen molar-refractivity contribution in [1.82, 2.24) is 5.32 Å². The van der Waals surface area contributed by atoms with Gasteiger partial charge in [0.15, 0.2) is 0 Å². The number of nitrogens with one attached hydrogen (secondary N) is 1. The topological polar surface area (TPSA) is 21.3 Å². The highest BCUT2D eigenvalue weighted by molar-refractivity contribution is 4.85. The van der Waals surface area contributed by atoms with Gasteiger partial charge in [-0.25, -0.2) is 0 Å². The Bertz CT molecular complexity index is 241. The summed E-state index contributed by atoms with van der Waals surface area (Å²) in [7, 11) is 0. The molecule has 1 N–H and O–H groups in total. The molecule has 2 aliphatic rings. The van der Waals surface area contributed by atoms with Crippen molar-refractivity contribution < 1.29 is 4.74 Å². The molecule has 0 bridgehead atoms. The minimum Gasteiger partial charge on any atom is -0.378 e. The van der Waals surface area contributed by atoms with Gasteiger partial charge in [-0.1, -0.05) is 33.6 Å². The van der Waals surface area contributed by atoms with E-state index in [0.29, 0.717) is 6.10 Å². The first-order chi connectivity index (χ1) is 8.72. The SMILES string of the molecule is CCC1OCCC1CNC1CCCCC1C(C)C. The molecular weight excluding hydrogens is 222 g/mol. The maximum Gasteiger partial charge on any atom is 0.0613 e. The fraction of sp³-hybridized carbons (Fsp3) is 1.00. The van der Waals surface area contributed by atoms with Crippen LogP contribution in [0.4, 0.5) is 0 Å². The van der Waals surface area contributed by atoms with Crippen LogP contribution in [-0.2, 0) is 4.74 Å². The summed E-state index contributed by atoms with van der Waals surface area (Å²) in [6.07, 6.45) is 8.60. The molecule has 0 radical (unpaired) electrons. The van der Waals surface area contributed by atoms with Gasteiger partial charge in [-0.3, -0.25) is 0 Å². The monoisotopic (exact) mass is 253 g/mol. The highest BCUT2D eigenvalue weighted by Gasteiger charge is 2.30. The van der Waals surface area contributed by atoms with Crippen LogP contribution in [0.3, 0.4) is 0 Å². The highest BCUT2D eigenvalue weighted by Crippen LogP contribution is 2.31. The lowest BCUT2D eigenvalue weighted by atomic mass is 9.77. The zero-order valence-electron chi connectivity index (χ0n) is 12.5. The lowest BCUT2D eigenvalue weighted by Crippen LogP contribution is -2.43. The molecule has 0 aromatic rings. The average molecular weight is 253 g/mol. The molecule has 0 spiro atoms. The lowest BCUT2D eigenvalue weighted by molar-refractivity contribution is 0.0844. The molecule has 2 rings (SSSR count). The van der Waals surface area contributed by atoms with Gasteiger partial charge in [0.05, 0.1) is 6.10 Å². The average Bonchev–Trinajstić information content (AvgIpc) is 2.84. The number of ether oxygens (including phenoxy) is 1. The van der Waals surface area contributed by atoms with Crippen molar-refractivity contribution in [2.75, 3.05) is 13.2 Å². The predicted octanol–water partition coefficient (Wildman–Crippen LogP) is 3.61. The predicted molar refractivity (Wildman–Crippen MR) is 76.7 cm³/mol. The number of hydrogen-bond acceptors (Lipinski definition) is 2. The molecule has 106 valence electrons. The van der Waals surface area contributed by atoms with Gasteiger partial charge in [-0.2, -0.15) is 0 Å². The molecule has 2 nitrogen and oxygen atoms in total. The lowest BCUT2D eigenvalue weighted by Gasteiger charge is -2.36. The second-order valence-corrected chi connectivity index (χ2v) is 6.57. The summed E-state index contributed by atoms with van der Waals surface area (Å²) in [6, 6.07) is 0.761. The minimum atomic E-state index is 0.513. The van der Waals surface area contributed by atoms with E-state index in [4.69, 9.17) is 4.74 Å². The summed E-state index contributed by atoms with van der Waals surface area (Å²) >= 11 is 0. The molecule has 1 saturated carbocycles. The minimum absolute atomic E-state index is 0.513. The third-order valence-electron chi connectivity index (χ3n) is 5.07. The van der Waals surface area contributed by atoms with E-state index in [0.717, 1.165) is 30.4 Å². The fourth-order valence-electron chi connectivity index (χ4n) is 3.89. The van der Waals surface area contributed by atoms with E-state index < -0.39 is 0 Å². The fourth-order valence-corrected chi connectivity index (χ4v) is 3.89. The van der Waals surface area contributed by atoms with Crippen molar-refractivity contribution in [3.05, 3.63) is 0 Å². The van der Waals surface area contributed by atoms with Crippen LogP contribution in [0.15, 0.2) is 0 Å². The summed E-state index contributed by atoms with van der Waals surface area (Å²) in [4.78, 5) is 0. The number of hydrogen-bond donors (Lipinski definition) is 1. The second-order valence-electron chi connectivity index (χ2n) is 6.57. The third-order valence-corrected chi connectivity index (χ3v) is 5.07. The van der Waals surface area contributed by atoms with Gasteiger partial charge in [0.2, 0.25) is 0 Å². The van der Waals surface area contributed by atoms with Crippen molar-refractivity contribution in [2.45, 2.75) is 71.4 Å². The van der Waals surface area contributed by atoms with E-state index in [9.17, 15) is 0 Å². The quantitative estimate of drug-likeness (QED) is 0.808. The molecule has 0 aromatic heterocycles. The van der Waals surface area contributed by atoms with Crippen molar-refractivity contribution in [1.29, 1.82) is 0 Å². The molecule has 2 fully saturated rings. The Morgan fingerprint density at radius 3 is 2.67 bits per heavy atom. The van der Waals surface area contributed by atoms with Gasteiger partial charge in [0.25, 0.3) is 0 Å². The molecule has 2 heteroatoms. The van der Waals surface area contributed by atoms with Crippen LogP contribution in [0, 0.1) is 17.8 Å². The standard InChI is InChI=1S/C16H31NO/c1-4-16-13(9-10-18-16)11-17-15-8-6-5-7-14(15)12(2)3/h12-17H,4-11H2,1-3H3. The molecule has 0 amide bonds. The summed E-state index contributed by atoms with van der Waals surface area (Å²) in [5, 5.41) is 3.88. The van der Waals surface area contributed by atoms with E-state index in [1.165, 1.54) is 45.1 Å². The molecule has 1 saturated heterocycles. The normalized spacial score (nSPS) is 37.3. The highest BCUT2D eigenvalue weighted by atomic mass is 16.5. The Morgan fingerprint density at radius 2 is 1.94 bits per heavy atom. The molecular formula is C16H31NO. The van der Waals surface area contributed by atoms with E-state index in [1.54, 1.807) is 0 Å². The maximum absolute atomic E-state index is 5.79. The van der Waals surface area contributed by atoms with Crippen LogP contribution in [0.1, 0.15) is 59.3 Å². The molecule has 4 unspecified atom stereocenters. The summed E-state index contributed by atoms with van der Waals surface area (Å²) in [5.74, 6) is 2.47. The van der Waals surface area contributed by atoms with Crippen molar-refractivity contribution in [3.63, 3.8) is 0 Å². The summed E-state index contributed by atoms with van der Waals surface area (Å²) < 4.78 is 5.79. The van der Waals surface area contributed by atoms with Crippen molar-refractivity contribution in [3.8, 4) is 0 Å². The smallest absolute Gasteiger partial charge is 0.0613 e. The Hall–Kier alpha value is -0.0800. The van der Waals surface area contributed by atoms with Gasteiger partial charge in [-0.05, 0) is 43.4 Å². The first-order valence-corrected chi connectivity index (χ1v) is 8.07. The Balaban J connectivity index is 1.80. The van der Waals surface area contributed by atoms with Crippen LogP contribution in [0.2, 0.25) is 0 Å². The largest absolute Gasteiger partial charge is 0.378 e. The van der Waals surface area contributed by atoms with Gasteiger partial charge >= 0.3 is 0 Å². The van der Waals surface area contributed by atoms with Crippen LogP contribution in [-0.4, -0.2) is 25.3 Å². The first kappa shape index (κ1) is 14.3.